The molecule has 4 aliphatic carbocycles. The summed E-state index contributed by atoms with van der Waals surface area (Å²) in [6.45, 7) is 0. The van der Waals surface area contributed by atoms with Crippen molar-refractivity contribution in [2.45, 2.75) is 6.42 Å². The van der Waals surface area contributed by atoms with Gasteiger partial charge in [0.1, 0.15) is 0 Å². The lowest BCUT2D eigenvalue weighted by Gasteiger charge is -2.37. The van der Waals surface area contributed by atoms with Crippen molar-refractivity contribution in [3.63, 3.8) is 0 Å². The molecule has 6 atom stereocenters. The van der Waals surface area contributed by atoms with E-state index in [-0.39, 0.29) is 41.0 Å². The van der Waals surface area contributed by atoms with Gasteiger partial charge < -0.3 is 5.11 Å². The van der Waals surface area contributed by atoms with Gasteiger partial charge in [0, 0.05) is 0 Å². The number of anilines is 1. The van der Waals surface area contributed by atoms with Gasteiger partial charge in [0.2, 0.25) is 11.8 Å². The van der Waals surface area contributed by atoms with Gasteiger partial charge in [-0.25, -0.2) is 4.79 Å². The van der Waals surface area contributed by atoms with E-state index in [9.17, 15) is 14.4 Å². The third-order valence-corrected chi connectivity index (χ3v) is 6.04. The molecule has 1 aromatic rings. The topological polar surface area (TPSA) is 74.7 Å². The van der Waals surface area contributed by atoms with Gasteiger partial charge >= 0.3 is 5.97 Å². The number of carboxylic acid groups (broad SMARTS) is 1. The quantitative estimate of drug-likeness (QED) is 0.669. The van der Waals surface area contributed by atoms with Crippen LogP contribution in [0.3, 0.4) is 0 Å². The van der Waals surface area contributed by atoms with E-state index in [1.54, 1.807) is 12.1 Å². The smallest absolute Gasteiger partial charge is 0.335 e. The van der Waals surface area contributed by atoms with Crippen molar-refractivity contribution < 1.29 is 19.5 Å². The monoisotopic (exact) mass is 309 g/mol. The number of imide groups is 1. The van der Waals surface area contributed by atoms with Crippen molar-refractivity contribution in [3.05, 3.63) is 42.0 Å². The molecule has 2 amide bonds. The molecule has 2 bridgehead atoms. The van der Waals surface area contributed by atoms with E-state index in [0.717, 1.165) is 6.42 Å². The standard InChI is InChI=1S/C18H15NO4/c20-16-14-10-5-6-11(13-7-12(10)13)15(14)17(21)19(16)9-3-1-8(2-4-9)18(22)23/h1-6,10-15H,7H2,(H,22,23)/t10-,11+,12+,13-,14-,15+. The Balaban J connectivity index is 1.53. The number of allylic oxidation sites excluding steroid dienone is 2. The van der Waals surface area contributed by atoms with Gasteiger partial charge in [-0.1, -0.05) is 12.2 Å². The zero-order valence-electron chi connectivity index (χ0n) is 12.3. The predicted molar refractivity (Wildman–Crippen MR) is 80.6 cm³/mol. The third-order valence-electron chi connectivity index (χ3n) is 6.04. The molecule has 0 unspecified atom stereocenters. The van der Waals surface area contributed by atoms with Crippen LogP contribution in [0.25, 0.3) is 0 Å². The second-order valence-corrected chi connectivity index (χ2v) is 7.02. The number of hydrogen-bond acceptors (Lipinski definition) is 3. The lowest BCUT2D eigenvalue weighted by atomic mass is 9.63. The predicted octanol–water partition coefficient (Wildman–Crippen LogP) is 1.94. The maximum absolute atomic E-state index is 12.9. The van der Waals surface area contributed by atoms with Crippen LogP contribution in [0.4, 0.5) is 5.69 Å². The highest BCUT2D eigenvalue weighted by Crippen LogP contribution is 2.65. The van der Waals surface area contributed by atoms with E-state index in [1.807, 2.05) is 0 Å². The Labute approximate surface area is 132 Å². The Morgan fingerprint density at radius 3 is 1.96 bits per heavy atom. The average molecular weight is 309 g/mol. The Hall–Kier alpha value is -2.43. The van der Waals surface area contributed by atoms with Gasteiger partial charge in [-0.05, 0) is 54.4 Å². The van der Waals surface area contributed by atoms with Crippen molar-refractivity contribution in [2.75, 3.05) is 4.90 Å². The minimum Gasteiger partial charge on any atom is -0.478 e. The minimum absolute atomic E-state index is 0.118. The molecule has 6 rings (SSSR count). The van der Waals surface area contributed by atoms with Crippen molar-refractivity contribution in [3.8, 4) is 0 Å². The molecule has 5 aliphatic rings. The number of carbonyl (C=O) groups is 3. The van der Waals surface area contributed by atoms with Crippen LogP contribution in [0, 0.1) is 35.5 Å². The molecule has 3 fully saturated rings. The number of benzene rings is 1. The summed E-state index contributed by atoms with van der Waals surface area (Å²) in [6.07, 6.45) is 5.42. The summed E-state index contributed by atoms with van der Waals surface area (Å²) < 4.78 is 0. The van der Waals surface area contributed by atoms with Gasteiger partial charge in [0.05, 0.1) is 23.1 Å². The number of carbonyl (C=O) groups excluding carboxylic acids is 2. The first-order chi connectivity index (χ1) is 11.1. The molecule has 1 aliphatic heterocycles. The highest BCUT2D eigenvalue weighted by molar-refractivity contribution is 6.22. The van der Waals surface area contributed by atoms with Crippen LogP contribution in [0.1, 0.15) is 16.8 Å². The van der Waals surface area contributed by atoms with E-state index in [1.165, 1.54) is 17.0 Å². The number of hydrogen-bond donors (Lipinski definition) is 1. The number of carboxylic acids is 1. The maximum atomic E-state index is 12.9. The maximum Gasteiger partial charge on any atom is 0.335 e. The zero-order chi connectivity index (χ0) is 15.9. The second kappa shape index (κ2) is 4.10. The fourth-order valence-electron chi connectivity index (χ4n) is 4.96. The highest BCUT2D eigenvalue weighted by Gasteiger charge is 2.67. The van der Waals surface area contributed by atoms with Gasteiger partial charge in [-0.15, -0.1) is 0 Å². The molecule has 1 saturated heterocycles. The molecule has 0 radical (unpaired) electrons. The Morgan fingerprint density at radius 1 is 0.957 bits per heavy atom. The van der Waals surface area contributed by atoms with Crippen molar-refractivity contribution in [2.24, 2.45) is 35.5 Å². The normalized spacial score (nSPS) is 39.4. The van der Waals surface area contributed by atoms with E-state index in [0.29, 0.717) is 17.5 Å². The molecule has 5 nitrogen and oxygen atoms in total. The molecule has 2 saturated carbocycles. The highest BCUT2D eigenvalue weighted by atomic mass is 16.4. The van der Waals surface area contributed by atoms with Crippen LogP contribution in [-0.2, 0) is 9.59 Å². The van der Waals surface area contributed by atoms with Crippen LogP contribution in [0.15, 0.2) is 36.4 Å². The second-order valence-electron chi connectivity index (χ2n) is 7.02. The van der Waals surface area contributed by atoms with Gasteiger partial charge in [0.15, 0.2) is 0 Å². The summed E-state index contributed by atoms with van der Waals surface area (Å²) in [5, 5.41) is 8.97. The minimum atomic E-state index is -1.02. The summed E-state index contributed by atoms with van der Waals surface area (Å²) in [4.78, 5) is 38.0. The van der Waals surface area contributed by atoms with E-state index >= 15 is 0 Å². The van der Waals surface area contributed by atoms with Crippen LogP contribution in [-0.4, -0.2) is 22.9 Å². The SMILES string of the molecule is O=C(O)c1ccc(N2C(=O)[C@@H]3[C@@H]4C=C[C@@H]([C@H]5C[C@@H]45)[C@@H]3C2=O)cc1. The summed E-state index contributed by atoms with van der Waals surface area (Å²) >= 11 is 0. The molecule has 1 aromatic carbocycles. The fraction of sp³-hybridized carbons (Fsp3) is 0.389. The molecule has 0 aromatic heterocycles. The number of amides is 2. The van der Waals surface area contributed by atoms with E-state index < -0.39 is 5.97 Å². The van der Waals surface area contributed by atoms with Crippen molar-refractivity contribution in [1.29, 1.82) is 0 Å². The van der Waals surface area contributed by atoms with Crippen LogP contribution in [0.5, 0.6) is 0 Å². The Bertz CT molecular complexity index is 745. The van der Waals surface area contributed by atoms with Crippen molar-refractivity contribution >= 4 is 23.5 Å². The van der Waals surface area contributed by atoms with Crippen molar-refractivity contribution in [1.82, 2.24) is 0 Å². The average Bonchev–Trinajstić information content (AvgIpc) is 3.32. The molecule has 1 heterocycles. The van der Waals surface area contributed by atoms with Gasteiger partial charge in [-0.2, -0.15) is 0 Å². The largest absolute Gasteiger partial charge is 0.478 e. The van der Waals surface area contributed by atoms with Gasteiger partial charge in [-0.3, -0.25) is 14.5 Å². The molecule has 0 spiro atoms. The van der Waals surface area contributed by atoms with Crippen LogP contribution >= 0.6 is 0 Å². The summed E-state index contributed by atoms with van der Waals surface area (Å²) in [5.74, 6) is -0.132. The Morgan fingerprint density at radius 2 is 1.48 bits per heavy atom. The lowest BCUT2D eigenvalue weighted by Crippen LogP contribution is -2.40. The lowest BCUT2D eigenvalue weighted by molar-refractivity contribution is -0.124. The van der Waals surface area contributed by atoms with Crippen LogP contribution < -0.4 is 4.90 Å². The Kier molecular flexibility index (Phi) is 2.33. The number of rotatable bonds is 2. The fourth-order valence-corrected chi connectivity index (χ4v) is 4.96. The summed E-state index contributed by atoms with van der Waals surface area (Å²) in [5.41, 5.74) is 0.626. The molecule has 1 N–H and O–H groups in total. The molecular formula is C18H15NO4. The molecular weight excluding hydrogens is 294 g/mol. The molecule has 23 heavy (non-hydrogen) atoms. The molecule has 5 heteroatoms. The van der Waals surface area contributed by atoms with E-state index in [2.05, 4.69) is 12.2 Å². The first-order valence-electron chi connectivity index (χ1n) is 7.97. The third kappa shape index (κ3) is 1.54. The summed E-state index contributed by atoms with van der Waals surface area (Å²) in [7, 11) is 0. The van der Waals surface area contributed by atoms with E-state index in [4.69, 9.17) is 5.11 Å². The number of aromatic carboxylic acids is 1. The number of nitrogens with zero attached hydrogens (tertiary/aromatic N) is 1. The first-order valence-corrected chi connectivity index (χ1v) is 7.97. The first kappa shape index (κ1) is 13.0. The van der Waals surface area contributed by atoms with Gasteiger partial charge in [0.25, 0.3) is 0 Å². The van der Waals surface area contributed by atoms with Crippen LogP contribution in [0.2, 0.25) is 0 Å². The summed E-state index contributed by atoms with van der Waals surface area (Å²) in [6, 6.07) is 5.97. The molecule has 116 valence electrons. The zero-order valence-corrected chi connectivity index (χ0v) is 12.3.